The van der Waals surface area contributed by atoms with E-state index in [0.717, 1.165) is 37.3 Å². The zero-order valence-corrected chi connectivity index (χ0v) is 19.1. The van der Waals surface area contributed by atoms with Crippen molar-refractivity contribution in [2.45, 2.75) is 64.2 Å². The Kier molecular flexibility index (Phi) is 5.20. The summed E-state index contributed by atoms with van der Waals surface area (Å²) in [6.45, 7) is 9.61. The zero-order valence-electron chi connectivity index (χ0n) is 19.1. The highest BCUT2D eigenvalue weighted by molar-refractivity contribution is 6.04. The van der Waals surface area contributed by atoms with E-state index in [1.165, 1.54) is 12.8 Å². The Morgan fingerprint density at radius 2 is 2.00 bits per heavy atom. The maximum Gasteiger partial charge on any atom is 0.321 e. The second kappa shape index (κ2) is 7.92. The largest absolute Gasteiger partial charge is 0.321 e. The lowest BCUT2D eigenvalue weighted by molar-refractivity contribution is 0.0388. The first-order chi connectivity index (χ1) is 15.4. The quantitative estimate of drug-likeness (QED) is 0.772. The van der Waals surface area contributed by atoms with Crippen LogP contribution in [0.2, 0.25) is 0 Å². The molecular weight excluding hydrogens is 404 g/mol. The van der Waals surface area contributed by atoms with Crippen LogP contribution < -0.4 is 5.32 Å². The van der Waals surface area contributed by atoms with Crippen LogP contribution in [0.4, 0.5) is 10.6 Å². The number of benzene rings is 1. The van der Waals surface area contributed by atoms with Gasteiger partial charge in [0.1, 0.15) is 0 Å². The lowest BCUT2D eigenvalue weighted by Crippen LogP contribution is -2.61. The summed E-state index contributed by atoms with van der Waals surface area (Å²) in [7, 11) is 0. The molecule has 3 amide bonds. The van der Waals surface area contributed by atoms with Crippen LogP contribution >= 0.6 is 0 Å². The number of H-pyrrole nitrogens is 1. The van der Waals surface area contributed by atoms with Gasteiger partial charge in [-0.15, -0.1) is 0 Å². The number of nitrogens with zero attached hydrogens (tertiary/aromatic N) is 4. The molecule has 0 bridgehead atoms. The average molecular weight is 437 g/mol. The van der Waals surface area contributed by atoms with E-state index in [2.05, 4.69) is 32.2 Å². The fourth-order valence-corrected chi connectivity index (χ4v) is 5.52. The van der Waals surface area contributed by atoms with Crippen LogP contribution in [-0.2, 0) is 12.1 Å². The Hall–Kier alpha value is -2.87. The molecule has 0 unspecified atom stereocenters. The molecule has 0 radical (unpaired) electrons. The molecule has 170 valence electrons. The molecule has 2 aromatic rings. The zero-order chi connectivity index (χ0) is 22.5. The molecule has 0 spiro atoms. The number of aromatic amines is 1. The third-order valence-electron chi connectivity index (χ3n) is 7.48. The summed E-state index contributed by atoms with van der Waals surface area (Å²) < 4.78 is 0. The molecule has 0 saturated carbocycles. The van der Waals surface area contributed by atoms with Crippen LogP contribution in [0, 0.1) is 0 Å². The molecule has 5 rings (SSSR count). The summed E-state index contributed by atoms with van der Waals surface area (Å²) in [6.07, 6.45) is 3.34. The number of fused-ring (bicyclic) bond motifs is 2. The monoisotopic (exact) mass is 436 g/mol. The summed E-state index contributed by atoms with van der Waals surface area (Å²) >= 11 is 0. The first kappa shape index (κ1) is 21.0. The first-order valence-corrected chi connectivity index (χ1v) is 11.7. The van der Waals surface area contributed by atoms with Gasteiger partial charge in [-0.3, -0.25) is 14.8 Å². The van der Waals surface area contributed by atoms with Gasteiger partial charge in [-0.05, 0) is 51.8 Å². The predicted molar refractivity (Wildman–Crippen MR) is 122 cm³/mol. The number of amides is 3. The van der Waals surface area contributed by atoms with Crippen molar-refractivity contribution in [1.29, 1.82) is 0 Å². The van der Waals surface area contributed by atoms with Crippen LogP contribution in [0.25, 0.3) is 0 Å². The van der Waals surface area contributed by atoms with E-state index in [4.69, 9.17) is 0 Å². The molecule has 3 aliphatic heterocycles. The van der Waals surface area contributed by atoms with Crippen molar-refractivity contribution in [3.05, 3.63) is 47.2 Å². The van der Waals surface area contributed by atoms with Gasteiger partial charge in [-0.1, -0.05) is 25.1 Å². The molecule has 8 heteroatoms. The second-order valence-electron chi connectivity index (χ2n) is 9.68. The summed E-state index contributed by atoms with van der Waals surface area (Å²) in [6, 6.07) is 9.89. The molecule has 0 aliphatic carbocycles. The number of anilines is 1. The minimum atomic E-state index is -0.528. The van der Waals surface area contributed by atoms with E-state index in [9.17, 15) is 9.59 Å². The van der Waals surface area contributed by atoms with Crippen molar-refractivity contribution in [1.82, 2.24) is 24.9 Å². The van der Waals surface area contributed by atoms with Gasteiger partial charge in [0.2, 0.25) is 0 Å². The van der Waals surface area contributed by atoms with Crippen molar-refractivity contribution in [2.75, 3.05) is 25.0 Å². The molecule has 2 fully saturated rings. The number of piperazine rings is 1. The number of aromatic nitrogens is 2. The summed E-state index contributed by atoms with van der Waals surface area (Å²) in [5.74, 6) is 0.302. The number of urea groups is 1. The Labute approximate surface area is 188 Å². The minimum Gasteiger partial charge on any atom is -0.319 e. The fourth-order valence-electron chi connectivity index (χ4n) is 5.52. The average Bonchev–Trinajstić information content (AvgIpc) is 3.49. The molecule has 2 saturated heterocycles. The molecule has 2 atom stereocenters. The van der Waals surface area contributed by atoms with Crippen molar-refractivity contribution in [2.24, 2.45) is 0 Å². The van der Waals surface area contributed by atoms with Crippen LogP contribution in [0.5, 0.6) is 0 Å². The normalized spacial score (nSPS) is 24.3. The maximum atomic E-state index is 13.8. The summed E-state index contributed by atoms with van der Waals surface area (Å²) in [5, 5.41) is 10.4. The molecule has 1 aromatic heterocycles. The molecule has 3 aliphatic rings. The van der Waals surface area contributed by atoms with E-state index in [-0.39, 0.29) is 18.0 Å². The number of hydrogen-bond donors (Lipinski definition) is 2. The van der Waals surface area contributed by atoms with Gasteiger partial charge < -0.3 is 15.1 Å². The van der Waals surface area contributed by atoms with E-state index in [1.807, 2.05) is 36.9 Å². The smallest absolute Gasteiger partial charge is 0.319 e. The Morgan fingerprint density at radius 3 is 2.75 bits per heavy atom. The van der Waals surface area contributed by atoms with Gasteiger partial charge in [0.05, 0.1) is 17.8 Å². The third-order valence-corrected chi connectivity index (χ3v) is 7.48. The SMILES string of the molecule is CC[C@H]1CN2CCC[C@H]2CN1C(=O)N1Cc2c(NC(=O)c3ccccc3)n[nH]c2C1(C)C. The van der Waals surface area contributed by atoms with Crippen molar-refractivity contribution >= 4 is 17.8 Å². The van der Waals surface area contributed by atoms with Crippen LogP contribution in [-0.4, -0.2) is 68.6 Å². The summed E-state index contributed by atoms with van der Waals surface area (Å²) in [4.78, 5) is 33.0. The summed E-state index contributed by atoms with van der Waals surface area (Å²) in [5.41, 5.74) is 1.83. The minimum absolute atomic E-state index is 0.0818. The van der Waals surface area contributed by atoms with E-state index in [0.29, 0.717) is 24.0 Å². The maximum absolute atomic E-state index is 13.8. The number of carbonyl (C=O) groups excluding carboxylic acids is 2. The molecule has 1 aromatic carbocycles. The van der Waals surface area contributed by atoms with Crippen molar-refractivity contribution in [3.8, 4) is 0 Å². The van der Waals surface area contributed by atoms with Gasteiger partial charge in [0.15, 0.2) is 5.82 Å². The highest BCUT2D eigenvalue weighted by atomic mass is 16.2. The number of hydrogen-bond acceptors (Lipinski definition) is 4. The second-order valence-corrected chi connectivity index (χ2v) is 9.68. The van der Waals surface area contributed by atoms with E-state index >= 15 is 0 Å². The molecule has 4 heterocycles. The molecule has 2 N–H and O–H groups in total. The van der Waals surface area contributed by atoms with Gasteiger partial charge in [0.25, 0.3) is 5.91 Å². The van der Waals surface area contributed by atoms with Gasteiger partial charge in [-0.2, -0.15) is 5.10 Å². The Bertz CT molecular complexity index is 1020. The Morgan fingerprint density at radius 1 is 1.22 bits per heavy atom. The standard InChI is InChI=1S/C24H32N6O2/c1-4-17-13-28-12-8-11-18(28)14-29(17)23(32)30-15-19-20(24(30,2)3)26-27-21(19)25-22(31)16-9-6-5-7-10-16/h5-7,9-10,17-18H,4,8,11-15H2,1-3H3,(H2,25,26,27,31)/t17-,18-/m0/s1. The van der Waals surface area contributed by atoms with Crippen molar-refractivity contribution < 1.29 is 9.59 Å². The molecule has 8 nitrogen and oxygen atoms in total. The van der Waals surface area contributed by atoms with Crippen LogP contribution in [0.1, 0.15) is 61.6 Å². The fraction of sp³-hybridized carbons (Fsp3) is 0.542. The third kappa shape index (κ3) is 3.37. The Balaban J connectivity index is 1.36. The highest BCUT2D eigenvalue weighted by Gasteiger charge is 2.47. The van der Waals surface area contributed by atoms with Crippen LogP contribution in [0.15, 0.2) is 30.3 Å². The van der Waals surface area contributed by atoms with Crippen molar-refractivity contribution in [3.63, 3.8) is 0 Å². The topological polar surface area (TPSA) is 84.6 Å². The van der Waals surface area contributed by atoms with Gasteiger partial charge in [-0.25, -0.2) is 4.79 Å². The predicted octanol–water partition coefficient (Wildman–Crippen LogP) is 3.39. The lowest BCUT2D eigenvalue weighted by Gasteiger charge is -2.46. The molecule has 32 heavy (non-hydrogen) atoms. The van der Waals surface area contributed by atoms with Crippen LogP contribution in [0.3, 0.4) is 0 Å². The number of nitrogens with one attached hydrogen (secondary N) is 2. The number of carbonyl (C=O) groups is 2. The van der Waals surface area contributed by atoms with E-state index in [1.54, 1.807) is 12.1 Å². The van der Waals surface area contributed by atoms with Gasteiger partial charge in [0, 0.05) is 36.3 Å². The lowest BCUT2D eigenvalue weighted by atomic mass is 10.0. The van der Waals surface area contributed by atoms with Gasteiger partial charge >= 0.3 is 6.03 Å². The molecular formula is C24H32N6O2. The first-order valence-electron chi connectivity index (χ1n) is 11.7. The highest BCUT2D eigenvalue weighted by Crippen LogP contribution is 2.42. The van der Waals surface area contributed by atoms with E-state index < -0.39 is 5.54 Å². The number of rotatable bonds is 3.